The van der Waals surface area contributed by atoms with Crippen LogP contribution in [0.2, 0.25) is 0 Å². The van der Waals surface area contributed by atoms with Crippen LogP contribution in [0.5, 0.6) is 0 Å². The third-order valence-electron chi connectivity index (χ3n) is 5.59. The summed E-state index contributed by atoms with van der Waals surface area (Å²) in [7, 11) is -9.01. The molecule has 0 radical (unpaired) electrons. The number of H-pyrrole nitrogens is 1. The van der Waals surface area contributed by atoms with Crippen molar-refractivity contribution in [3.63, 3.8) is 0 Å². The third-order valence-corrected chi connectivity index (χ3v) is 8.18. The van der Waals surface area contributed by atoms with Gasteiger partial charge >= 0.3 is 0 Å². The first-order chi connectivity index (χ1) is 16.6. The zero-order valence-corrected chi connectivity index (χ0v) is 20.6. The topological polar surface area (TPSA) is 246 Å². The van der Waals surface area contributed by atoms with E-state index in [1.807, 2.05) is 4.90 Å². The predicted octanol–water partition coefficient (Wildman–Crippen LogP) is -2.70. The molecule has 3 rings (SSSR count). The standard InChI is InChI=1S/C18H31N9O6S2/c19-5-8-33-11-12-3-6-27(7-4-12)14-1-2-15(35(31,32)22-10-13(28)9-20)17(34(21,29)30)16(14)18-23-25-26-24-18/h1-2,12-13,22,28H,3-11,19-20H2,(H2,21,29,30)(H,23,24,25,26). The number of hydrogen-bond donors (Lipinski definition) is 6. The molecule has 0 aliphatic carbocycles. The van der Waals surface area contributed by atoms with Crippen molar-refractivity contribution in [3.05, 3.63) is 12.1 Å². The van der Waals surface area contributed by atoms with Gasteiger partial charge in [0.05, 0.1) is 18.3 Å². The second-order valence-electron chi connectivity index (χ2n) is 8.10. The Bertz CT molecular complexity index is 1180. The Kier molecular flexibility index (Phi) is 9.11. The minimum atomic E-state index is -4.59. The number of hydrogen-bond acceptors (Lipinski definition) is 12. The smallest absolute Gasteiger partial charge is 0.242 e. The molecule has 1 fully saturated rings. The lowest BCUT2D eigenvalue weighted by molar-refractivity contribution is 0.0961. The van der Waals surface area contributed by atoms with Crippen molar-refractivity contribution >= 4 is 25.7 Å². The molecule has 1 aromatic heterocycles. The number of nitrogens with two attached hydrogens (primary N) is 3. The highest BCUT2D eigenvalue weighted by molar-refractivity contribution is 7.92. The Morgan fingerprint density at radius 2 is 1.94 bits per heavy atom. The Hall–Kier alpha value is -2.25. The summed E-state index contributed by atoms with van der Waals surface area (Å²) in [5, 5.41) is 28.7. The second-order valence-corrected chi connectivity index (χ2v) is 11.3. The van der Waals surface area contributed by atoms with Crippen LogP contribution in [0.15, 0.2) is 21.9 Å². The fourth-order valence-electron chi connectivity index (χ4n) is 3.84. The van der Waals surface area contributed by atoms with Gasteiger partial charge in [-0.3, -0.25) is 0 Å². The van der Waals surface area contributed by atoms with Gasteiger partial charge in [-0.2, -0.15) is 5.21 Å². The van der Waals surface area contributed by atoms with Gasteiger partial charge in [0.15, 0.2) is 0 Å². The van der Waals surface area contributed by atoms with Crippen LogP contribution in [0.1, 0.15) is 12.8 Å². The van der Waals surface area contributed by atoms with Gasteiger partial charge in [-0.25, -0.2) is 26.7 Å². The van der Waals surface area contributed by atoms with Crippen LogP contribution < -0.4 is 26.2 Å². The molecule has 1 atom stereocenters. The van der Waals surface area contributed by atoms with E-state index in [9.17, 15) is 21.9 Å². The first-order valence-electron chi connectivity index (χ1n) is 10.9. The first kappa shape index (κ1) is 27.3. The molecule has 1 saturated heterocycles. The van der Waals surface area contributed by atoms with Gasteiger partial charge in [-0.1, -0.05) is 0 Å². The van der Waals surface area contributed by atoms with Crippen LogP contribution in [0.3, 0.4) is 0 Å². The van der Waals surface area contributed by atoms with E-state index in [2.05, 4.69) is 25.3 Å². The van der Waals surface area contributed by atoms with Crippen molar-refractivity contribution in [2.24, 2.45) is 22.5 Å². The molecule has 1 aliphatic heterocycles. The van der Waals surface area contributed by atoms with E-state index >= 15 is 0 Å². The van der Waals surface area contributed by atoms with E-state index in [1.54, 1.807) is 0 Å². The Balaban J connectivity index is 2.04. The van der Waals surface area contributed by atoms with E-state index in [0.29, 0.717) is 44.5 Å². The first-order valence-corrected chi connectivity index (χ1v) is 14.0. The number of aromatic amines is 1. The summed E-state index contributed by atoms with van der Waals surface area (Å²) in [6, 6.07) is 2.64. The number of anilines is 1. The van der Waals surface area contributed by atoms with Gasteiger partial charge in [0.1, 0.15) is 9.79 Å². The molecule has 0 spiro atoms. The maximum Gasteiger partial charge on any atom is 0.242 e. The highest BCUT2D eigenvalue weighted by Crippen LogP contribution is 2.39. The van der Waals surface area contributed by atoms with Gasteiger partial charge in [0.25, 0.3) is 0 Å². The van der Waals surface area contributed by atoms with E-state index in [4.69, 9.17) is 21.3 Å². The summed E-state index contributed by atoms with van der Waals surface area (Å²) < 4.78 is 59.2. The zero-order chi connectivity index (χ0) is 25.6. The minimum Gasteiger partial charge on any atom is -0.390 e. The van der Waals surface area contributed by atoms with Gasteiger partial charge in [-0.05, 0) is 36.1 Å². The fraction of sp³-hybridized carbons (Fsp3) is 0.611. The van der Waals surface area contributed by atoms with Crippen LogP contribution in [-0.4, -0.2) is 94.6 Å². The molecule has 1 aromatic carbocycles. The van der Waals surface area contributed by atoms with Gasteiger partial charge in [0.2, 0.25) is 25.9 Å². The molecule has 196 valence electrons. The number of aromatic nitrogens is 4. The van der Waals surface area contributed by atoms with Crippen LogP contribution in [0.4, 0.5) is 5.69 Å². The van der Waals surface area contributed by atoms with Crippen molar-refractivity contribution in [2.45, 2.75) is 28.7 Å². The van der Waals surface area contributed by atoms with Crippen molar-refractivity contribution < 1.29 is 26.7 Å². The SMILES string of the molecule is NCCOCC1CCN(c2ccc(S(=O)(=O)NCC(O)CN)c(S(N)(=O)=O)c2-c2nn[nH]n2)CC1. The number of rotatable bonds is 12. The minimum absolute atomic E-state index is 0.0821. The molecule has 9 N–H and O–H groups in total. The van der Waals surface area contributed by atoms with Gasteiger partial charge < -0.3 is 26.2 Å². The molecular formula is C18H31N9O6S2. The molecule has 0 amide bonds. The molecule has 1 unspecified atom stereocenters. The normalized spacial score (nSPS) is 16.5. The molecular weight excluding hydrogens is 502 g/mol. The monoisotopic (exact) mass is 533 g/mol. The maximum atomic E-state index is 13.0. The Morgan fingerprint density at radius 3 is 2.51 bits per heavy atom. The van der Waals surface area contributed by atoms with Crippen molar-refractivity contribution in [2.75, 3.05) is 50.8 Å². The van der Waals surface area contributed by atoms with Crippen LogP contribution >= 0.6 is 0 Å². The Morgan fingerprint density at radius 1 is 1.23 bits per heavy atom. The summed E-state index contributed by atoms with van der Waals surface area (Å²) in [5.41, 5.74) is 11.1. The number of piperidine rings is 1. The van der Waals surface area contributed by atoms with Crippen LogP contribution in [-0.2, 0) is 24.8 Å². The number of primary sulfonamides is 1. The van der Waals surface area contributed by atoms with E-state index in [0.717, 1.165) is 18.9 Å². The number of benzene rings is 1. The number of ether oxygens (including phenoxy) is 1. The predicted molar refractivity (Wildman–Crippen MR) is 126 cm³/mol. The highest BCUT2D eigenvalue weighted by Gasteiger charge is 2.34. The number of sulfonamides is 2. The summed E-state index contributed by atoms with van der Waals surface area (Å²) in [5.74, 6) is 0.179. The maximum absolute atomic E-state index is 13.0. The second kappa shape index (κ2) is 11.7. The lowest BCUT2D eigenvalue weighted by Gasteiger charge is -2.35. The van der Waals surface area contributed by atoms with Crippen molar-refractivity contribution in [1.82, 2.24) is 25.3 Å². The number of nitrogens with zero attached hydrogens (tertiary/aromatic N) is 4. The molecule has 15 nitrogen and oxygen atoms in total. The third kappa shape index (κ3) is 6.70. The lowest BCUT2D eigenvalue weighted by atomic mass is 9.96. The number of aliphatic hydroxyl groups is 1. The number of aliphatic hydroxyl groups excluding tert-OH is 1. The Labute approximate surface area is 203 Å². The molecule has 0 saturated carbocycles. The lowest BCUT2D eigenvalue weighted by Crippen LogP contribution is -2.37. The summed E-state index contributed by atoms with van der Waals surface area (Å²) in [6.07, 6.45) is 0.368. The summed E-state index contributed by atoms with van der Waals surface area (Å²) in [6.45, 7) is 2.00. The molecule has 35 heavy (non-hydrogen) atoms. The fourth-order valence-corrected chi connectivity index (χ4v) is 6.50. The average Bonchev–Trinajstić information content (AvgIpc) is 3.36. The summed E-state index contributed by atoms with van der Waals surface area (Å²) >= 11 is 0. The van der Waals surface area contributed by atoms with E-state index in [-0.39, 0.29) is 17.9 Å². The number of nitrogens with one attached hydrogen (secondary N) is 2. The van der Waals surface area contributed by atoms with E-state index in [1.165, 1.54) is 6.07 Å². The van der Waals surface area contributed by atoms with Crippen LogP contribution in [0.25, 0.3) is 11.4 Å². The van der Waals surface area contributed by atoms with Crippen LogP contribution in [0, 0.1) is 5.92 Å². The quantitative estimate of drug-likeness (QED) is 0.153. The van der Waals surface area contributed by atoms with Crippen molar-refractivity contribution in [1.29, 1.82) is 0 Å². The molecule has 2 heterocycles. The summed E-state index contributed by atoms with van der Waals surface area (Å²) in [4.78, 5) is 0.652. The number of tetrazole rings is 1. The van der Waals surface area contributed by atoms with Gasteiger partial charge in [0, 0.05) is 45.0 Å². The highest BCUT2D eigenvalue weighted by atomic mass is 32.2. The molecule has 0 bridgehead atoms. The largest absolute Gasteiger partial charge is 0.390 e. The average molecular weight is 534 g/mol. The molecule has 17 heteroatoms. The molecule has 1 aliphatic rings. The molecule has 2 aromatic rings. The van der Waals surface area contributed by atoms with Crippen molar-refractivity contribution in [3.8, 4) is 11.4 Å². The zero-order valence-electron chi connectivity index (χ0n) is 19.0. The van der Waals surface area contributed by atoms with E-state index < -0.39 is 42.5 Å². The van der Waals surface area contributed by atoms with Gasteiger partial charge in [-0.15, -0.1) is 10.2 Å².